The Labute approximate surface area is 145 Å². The number of aliphatic hydroxyl groups excluding tert-OH is 1. The Kier molecular flexibility index (Phi) is 4.57. The van der Waals surface area contributed by atoms with E-state index in [1.54, 1.807) is 24.3 Å². The van der Waals surface area contributed by atoms with Gasteiger partial charge in [0, 0.05) is 11.8 Å². The second-order valence-electron chi connectivity index (χ2n) is 5.61. The summed E-state index contributed by atoms with van der Waals surface area (Å²) < 4.78 is 28.5. The highest BCUT2D eigenvalue weighted by Gasteiger charge is 2.17. The Morgan fingerprint density at radius 1 is 1.00 bits per heavy atom. The SMILES string of the molecule is CS(=O)(=O)c1ccc(-c2ccoc(=O)c2-c2ccccc2)c(CO)c1. The second-order valence-corrected chi connectivity index (χ2v) is 7.63. The fourth-order valence-electron chi connectivity index (χ4n) is 2.71. The standard InChI is InChI=1S/C19H16O5S/c1-25(22,23)15-7-8-16(14(11-15)12-20)17-9-10-24-19(21)18(17)13-5-3-2-4-6-13/h2-11,20H,12H2,1H3. The highest BCUT2D eigenvalue weighted by Crippen LogP contribution is 2.32. The molecule has 0 amide bonds. The lowest BCUT2D eigenvalue weighted by Gasteiger charge is -2.13. The van der Waals surface area contributed by atoms with Crippen LogP contribution >= 0.6 is 0 Å². The van der Waals surface area contributed by atoms with Gasteiger partial charge in [-0.25, -0.2) is 13.2 Å². The summed E-state index contributed by atoms with van der Waals surface area (Å²) in [6.07, 6.45) is 2.39. The van der Waals surface area contributed by atoms with Crippen LogP contribution in [0.2, 0.25) is 0 Å². The minimum atomic E-state index is -3.40. The van der Waals surface area contributed by atoms with Gasteiger partial charge in [0.25, 0.3) is 0 Å². The molecule has 0 bridgehead atoms. The molecule has 128 valence electrons. The Morgan fingerprint density at radius 2 is 1.72 bits per heavy atom. The van der Waals surface area contributed by atoms with Crippen molar-refractivity contribution in [1.82, 2.24) is 0 Å². The van der Waals surface area contributed by atoms with Crippen LogP contribution in [0.1, 0.15) is 5.56 Å². The summed E-state index contributed by atoms with van der Waals surface area (Å²) in [7, 11) is -3.40. The van der Waals surface area contributed by atoms with Crippen LogP contribution in [0.15, 0.2) is 75.0 Å². The maximum absolute atomic E-state index is 12.3. The molecular weight excluding hydrogens is 340 g/mol. The molecule has 25 heavy (non-hydrogen) atoms. The van der Waals surface area contributed by atoms with Crippen molar-refractivity contribution in [2.45, 2.75) is 11.5 Å². The van der Waals surface area contributed by atoms with Gasteiger partial charge in [-0.3, -0.25) is 0 Å². The largest absolute Gasteiger partial charge is 0.431 e. The summed E-state index contributed by atoms with van der Waals surface area (Å²) in [6, 6.07) is 15.2. The molecular formula is C19H16O5S. The van der Waals surface area contributed by atoms with Crippen LogP contribution in [0.5, 0.6) is 0 Å². The highest BCUT2D eigenvalue weighted by atomic mass is 32.2. The summed E-state index contributed by atoms with van der Waals surface area (Å²) in [6.45, 7) is -0.354. The molecule has 6 heteroatoms. The zero-order valence-corrected chi connectivity index (χ0v) is 14.3. The van der Waals surface area contributed by atoms with E-state index in [1.165, 1.54) is 18.4 Å². The van der Waals surface area contributed by atoms with Crippen LogP contribution < -0.4 is 5.63 Å². The number of hydrogen-bond acceptors (Lipinski definition) is 5. The van der Waals surface area contributed by atoms with Crippen LogP contribution in [-0.4, -0.2) is 19.8 Å². The van der Waals surface area contributed by atoms with Crippen LogP contribution in [-0.2, 0) is 16.4 Å². The first-order chi connectivity index (χ1) is 11.9. The highest BCUT2D eigenvalue weighted by molar-refractivity contribution is 7.90. The lowest BCUT2D eigenvalue weighted by molar-refractivity contribution is 0.282. The average molecular weight is 356 g/mol. The Bertz CT molecular complexity index is 1070. The number of sulfone groups is 1. The molecule has 0 atom stereocenters. The molecule has 1 heterocycles. The van der Waals surface area contributed by atoms with Gasteiger partial charge in [-0.15, -0.1) is 0 Å². The van der Waals surface area contributed by atoms with Crippen molar-refractivity contribution >= 4 is 9.84 Å². The van der Waals surface area contributed by atoms with Gasteiger partial charge in [-0.05, 0) is 34.9 Å². The number of benzene rings is 2. The first-order valence-electron chi connectivity index (χ1n) is 7.53. The fraction of sp³-hybridized carbons (Fsp3) is 0.105. The van der Waals surface area contributed by atoms with Gasteiger partial charge in [0.05, 0.1) is 23.3 Å². The van der Waals surface area contributed by atoms with Gasteiger partial charge in [-0.1, -0.05) is 36.4 Å². The minimum Gasteiger partial charge on any atom is -0.431 e. The third-order valence-corrected chi connectivity index (χ3v) is 5.02. The van der Waals surface area contributed by atoms with Crippen molar-refractivity contribution < 1.29 is 17.9 Å². The van der Waals surface area contributed by atoms with E-state index < -0.39 is 15.5 Å². The lowest BCUT2D eigenvalue weighted by atomic mass is 9.94. The molecule has 0 radical (unpaired) electrons. The number of aliphatic hydroxyl groups is 1. The van der Waals surface area contributed by atoms with E-state index >= 15 is 0 Å². The predicted octanol–water partition coefficient (Wildman–Crippen LogP) is 2.87. The molecule has 0 aliphatic carbocycles. The maximum atomic E-state index is 12.3. The lowest BCUT2D eigenvalue weighted by Crippen LogP contribution is -2.06. The molecule has 3 aromatic rings. The average Bonchev–Trinajstić information content (AvgIpc) is 2.61. The van der Waals surface area contributed by atoms with Crippen molar-refractivity contribution in [3.8, 4) is 22.3 Å². The van der Waals surface area contributed by atoms with E-state index in [0.717, 1.165) is 6.26 Å². The summed E-state index contributed by atoms with van der Waals surface area (Å²) in [5.41, 5.74) is 2.13. The van der Waals surface area contributed by atoms with E-state index in [9.17, 15) is 18.3 Å². The number of rotatable bonds is 4. The minimum absolute atomic E-state index is 0.115. The van der Waals surface area contributed by atoms with Gasteiger partial charge >= 0.3 is 5.63 Å². The summed E-state index contributed by atoms with van der Waals surface area (Å²) in [5.74, 6) is 0. The molecule has 0 saturated carbocycles. The van der Waals surface area contributed by atoms with Crippen LogP contribution in [0, 0.1) is 0 Å². The van der Waals surface area contributed by atoms with E-state index in [-0.39, 0.29) is 11.5 Å². The second kappa shape index (κ2) is 6.66. The molecule has 1 N–H and O–H groups in total. The first kappa shape index (κ1) is 17.1. The molecule has 0 spiro atoms. The Balaban J connectivity index is 2.28. The van der Waals surface area contributed by atoms with Crippen molar-refractivity contribution in [3.63, 3.8) is 0 Å². The molecule has 0 fully saturated rings. The van der Waals surface area contributed by atoms with Gasteiger partial charge in [0.15, 0.2) is 9.84 Å². The fourth-order valence-corrected chi connectivity index (χ4v) is 3.38. The zero-order chi connectivity index (χ0) is 18.0. The molecule has 0 aliphatic heterocycles. The van der Waals surface area contributed by atoms with Crippen LogP contribution in [0.25, 0.3) is 22.3 Å². The molecule has 2 aromatic carbocycles. The van der Waals surface area contributed by atoms with Crippen LogP contribution in [0.4, 0.5) is 0 Å². The van der Waals surface area contributed by atoms with Crippen molar-refractivity contribution in [3.05, 3.63) is 76.8 Å². The van der Waals surface area contributed by atoms with E-state index in [4.69, 9.17) is 4.42 Å². The van der Waals surface area contributed by atoms with Crippen molar-refractivity contribution in [2.24, 2.45) is 0 Å². The predicted molar refractivity (Wildman–Crippen MR) is 94.9 cm³/mol. The normalized spacial score (nSPS) is 11.4. The van der Waals surface area contributed by atoms with Crippen molar-refractivity contribution in [1.29, 1.82) is 0 Å². The Morgan fingerprint density at radius 3 is 2.36 bits per heavy atom. The molecule has 0 saturated heterocycles. The smallest absolute Gasteiger partial charge is 0.344 e. The molecule has 0 aliphatic rings. The summed E-state index contributed by atoms with van der Waals surface area (Å²) in [5, 5.41) is 9.70. The molecule has 0 unspecified atom stereocenters. The summed E-state index contributed by atoms with van der Waals surface area (Å²) >= 11 is 0. The van der Waals surface area contributed by atoms with E-state index in [2.05, 4.69) is 0 Å². The van der Waals surface area contributed by atoms with Crippen molar-refractivity contribution in [2.75, 3.05) is 6.26 Å². The van der Waals surface area contributed by atoms with Gasteiger partial charge in [0.2, 0.25) is 0 Å². The first-order valence-corrected chi connectivity index (χ1v) is 9.42. The topological polar surface area (TPSA) is 84.6 Å². The quantitative estimate of drug-likeness (QED) is 0.777. The van der Waals surface area contributed by atoms with Crippen LogP contribution in [0.3, 0.4) is 0 Å². The molecule has 5 nitrogen and oxygen atoms in total. The van der Waals surface area contributed by atoms with Gasteiger partial charge < -0.3 is 9.52 Å². The monoisotopic (exact) mass is 356 g/mol. The third-order valence-electron chi connectivity index (χ3n) is 3.91. The molecule has 1 aromatic heterocycles. The third kappa shape index (κ3) is 3.40. The van der Waals surface area contributed by atoms with E-state index in [0.29, 0.717) is 27.8 Å². The van der Waals surface area contributed by atoms with Gasteiger partial charge in [-0.2, -0.15) is 0 Å². The number of hydrogen-bond donors (Lipinski definition) is 1. The Hall–Kier alpha value is -2.70. The zero-order valence-electron chi connectivity index (χ0n) is 13.5. The summed E-state index contributed by atoms with van der Waals surface area (Å²) in [4.78, 5) is 12.4. The van der Waals surface area contributed by atoms with E-state index in [1.807, 2.05) is 18.2 Å². The van der Waals surface area contributed by atoms with Gasteiger partial charge in [0.1, 0.15) is 0 Å². The maximum Gasteiger partial charge on any atom is 0.344 e. The molecule has 3 rings (SSSR count).